The summed E-state index contributed by atoms with van der Waals surface area (Å²) in [6, 6.07) is 15.9. The van der Waals surface area contributed by atoms with Crippen LogP contribution in [0.3, 0.4) is 0 Å². The smallest absolute Gasteiger partial charge is 0.276 e. The maximum Gasteiger partial charge on any atom is 0.276 e. The van der Waals surface area contributed by atoms with E-state index in [9.17, 15) is 9.59 Å². The van der Waals surface area contributed by atoms with Crippen molar-refractivity contribution in [2.24, 2.45) is 0 Å². The van der Waals surface area contributed by atoms with Crippen LogP contribution in [0.4, 0.5) is 0 Å². The number of hydrogen-bond donors (Lipinski definition) is 0. The van der Waals surface area contributed by atoms with Gasteiger partial charge in [0, 0.05) is 31.7 Å². The van der Waals surface area contributed by atoms with Gasteiger partial charge in [-0.05, 0) is 31.5 Å². The van der Waals surface area contributed by atoms with E-state index >= 15 is 0 Å². The number of piperazine rings is 1. The molecule has 2 aliphatic rings. The number of carbonyl (C=O) groups excluding carboxylic acids is 2. The summed E-state index contributed by atoms with van der Waals surface area (Å²) in [6.45, 7) is 6.72. The van der Waals surface area contributed by atoms with Gasteiger partial charge in [-0.2, -0.15) is 0 Å². The molecule has 0 unspecified atom stereocenters. The second kappa shape index (κ2) is 8.78. The molecule has 2 aliphatic heterocycles. The summed E-state index contributed by atoms with van der Waals surface area (Å²) in [5.41, 5.74) is 4.97. The van der Waals surface area contributed by atoms with E-state index in [1.165, 1.54) is 0 Å². The number of ether oxygens (including phenoxy) is 1. The van der Waals surface area contributed by atoms with E-state index in [2.05, 4.69) is 16.4 Å². The van der Waals surface area contributed by atoms with Gasteiger partial charge in [0.05, 0.1) is 18.8 Å². The van der Waals surface area contributed by atoms with E-state index in [0.29, 0.717) is 56.3 Å². The molecule has 8 nitrogen and oxygen atoms in total. The number of benzene rings is 2. The van der Waals surface area contributed by atoms with Crippen molar-refractivity contribution < 1.29 is 14.3 Å². The molecule has 33 heavy (non-hydrogen) atoms. The molecule has 2 aromatic carbocycles. The molecular formula is C25H27N5O3. The zero-order chi connectivity index (χ0) is 22.9. The highest BCUT2D eigenvalue weighted by Gasteiger charge is 2.32. The van der Waals surface area contributed by atoms with Crippen LogP contribution < -0.4 is 0 Å². The largest absolute Gasteiger partial charge is 0.365 e. The second-order valence-electron chi connectivity index (χ2n) is 8.74. The Morgan fingerprint density at radius 3 is 2.21 bits per heavy atom. The molecule has 0 radical (unpaired) electrons. The molecule has 1 aromatic heterocycles. The Morgan fingerprint density at radius 2 is 1.55 bits per heavy atom. The van der Waals surface area contributed by atoms with Gasteiger partial charge in [0.15, 0.2) is 5.69 Å². The van der Waals surface area contributed by atoms with E-state index < -0.39 is 0 Å². The fourth-order valence-corrected chi connectivity index (χ4v) is 4.59. The van der Waals surface area contributed by atoms with Crippen molar-refractivity contribution in [1.82, 2.24) is 24.8 Å². The topological polar surface area (TPSA) is 80.6 Å². The van der Waals surface area contributed by atoms with Crippen LogP contribution in [-0.2, 0) is 17.9 Å². The molecule has 8 heteroatoms. The van der Waals surface area contributed by atoms with Gasteiger partial charge in [0.25, 0.3) is 11.8 Å². The first-order chi connectivity index (χ1) is 16.0. The standard InChI is InChI=1S/C25H27N5O3/c1-17-12-18(2)14-20(13-17)24(31)28-8-10-29(11-9-28)25(32)23-21-16-33-22(15-30(21)27-26-23)19-6-4-3-5-7-19/h3-7,12-14,22H,8-11,15-16H2,1-2H3/t22-/m0/s1. The molecule has 1 atom stereocenters. The van der Waals surface area contributed by atoms with Crippen molar-refractivity contribution in [3.8, 4) is 0 Å². The van der Waals surface area contributed by atoms with Gasteiger partial charge in [0.1, 0.15) is 6.10 Å². The highest BCUT2D eigenvalue weighted by atomic mass is 16.5. The van der Waals surface area contributed by atoms with Crippen molar-refractivity contribution in [1.29, 1.82) is 0 Å². The lowest BCUT2D eigenvalue weighted by molar-refractivity contribution is -0.00202. The van der Waals surface area contributed by atoms with Crippen molar-refractivity contribution >= 4 is 11.8 Å². The number of fused-ring (bicyclic) bond motifs is 1. The summed E-state index contributed by atoms with van der Waals surface area (Å²) in [6.07, 6.45) is -0.108. The van der Waals surface area contributed by atoms with Crippen LogP contribution in [0.25, 0.3) is 0 Å². The van der Waals surface area contributed by atoms with Crippen LogP contribution in [0.15, 0.2) is 48.5 Å². The second-order valence-corrected chi connectivity index (χ2v) is 8.74. The normalized spacial score (nSPS) is 18.2. The van der Waals surface area contributed by atoms with E-state index in [4.69, 9.17) is 4.74 Å². The van der Waals surface area contributed by atoms with Crippen molar-refractivity contribution in [3.63, 3.8) is 0 Å². The Kier molecular flexibility index (Phi) is 5.68. The van der Waals surface area contributed by atoms with Crippen molar-refractivity contribution in [2.45, 2.75) is 33.1 Å². The summed E-state index contributed by atoms with van der Waals surface area (Å²) in [7, 11) is 0. The lowest BCUT2D eigenvalue weighted by atomic mass is 10.1. The minimum atomic E-state index is -0.156. The summed E-state index contributed by atoms with van der Waals surface area (Å²) < 4.78 is 7.79. The lowest BCUT2D eigenvalue weighted by Gasteiger charge is -2.34. The first kappa shape index (κ1) is 21.3. The molecule has 0 spiro atoms. The summed E-state index contributed by atoms with van der Waals surface area (Å²) in [4.78, 5) is 29.7. The van der Waals surface area contributed by atoms with Gasteiger partial charge in [-0.25, -0.2) is 4.68 Å². The zero-order valence-corrected chi connectivity index (χ0v) is 18.9. The van der Waals surface area contributed by atoms with Crippen molar-refractivity contribution in [3.05, 3.63) is 82.2 Å². The van der Waals surface area contributed by atoms with Crippen LogP contribution in [0.5, 0.6) is 0 Å². The van der Waals surface area contributed by atoms with Crippen LogP contribution in [0.1, 0.15) is 49.3 Å². The quantitative estimate of drug-likeness (QED) is 0.619. The summed E-state index contributed by atoms with van der Waals surface area (Å²) in [5.74, 6) is -0.146. The van der Waals surface area contributed by atoms with Gasteiger partial charge in [-0.1, -0.05) is 52.7 Å². The lowest BCUT2D eigenvalue weighted by Crippen LogP contribution is -2.50. The highest BCUT2D eigenvalue weighted by Crippen LogP contribution is 2.27. The Balaban J connectivity index is 1.23. The van der Waals surface area contributed by atoms with Crippen LogP contribution in [0, 0.1) is 13.8 Å². The van der Waals surface area contributed by atoms with E-state index in [0.717, 1.165) is 16.7 Å². The molecular weight excluding hydrogens is 418 g/mol. The fraction of sp³-hybridized carbons (Fsp3) is 0.360. The van der Waals surface area contributed by atoms with Gasteiger partial charge in [-0.15, -0.1) is 5.10 Å². The van der Waals surface area contributed by atoms with Gasteiger partial charge in [0.2, 0.25) is 0 Å². The van der Waals surface area contributed by atoms with Crippen LogP contribution >= 0.6 is 0 Å². The fourth-order valence-electron chi connectivity index (χ4n) is 4.59. The molecule has 2 amide bonds. The highest BCUT2D eigenvalue weighted by molar-refractivity contribution is 5.96. The first-order valence-corrected chi connectivity index (χ1v) is 11.3. The van der Waals surface area contributed by atoms with E-state index in [-0.39, 0.29) is 17.9 Å². The van der Waals surface area contributed by atoms with Crippen LogP contribution in [0.2, 0.25) is 0 Å². The average Bonchev–Trinajstić information content (AvgIpc) is 3.26. The molecule has 5 rings (SSSR count). The molecule has 0 saturated carbocycles. The molecule has 3 heterocycles. The third-order valence-electron chi connectivity index (χ3n) is 6.29. The Morgan fingerprint density at radius 1 is 0.909 bits per heavy atom. The SMILES string of the molecule is Cc1cc(C)cc(C(=O)N2CCN(C(=O)c3nnn4c3CO[C@H](c3ccccc3)C4)CC2)c1. The third-order valence-corrected chi connectivity index (χ3v) is 6.29. The van der Waals surface area contributed by atoms with Crippen LogP contribution in [-0.4, -0.2) is 62.8 Å². The molecule has 0 N–H and O–H groups in total. The minimum Gasteiger partial charge on any atom is -0.365 e. The number of aromatic nitrogens is 3. The summed E-state index contributed by atoms with van der Waals surface area (Å²) in [5, 5.41) is 8.41. The molecule has 170 valence electrons. The number of rotatable bonds is 3. The molecule has 0 aliphatic carbocycles. The number of nitrogens with zero attached hydrogens (tertiary/aromatic N) is 5. The van der Waals surface area contributed by atoms with Gasteiger partial charge in [-0.3, -0.25) is 9.59 Å². The maximum atomic E-state index is 13.2. The third kappa shape index (κ3) is 4.26. The first-order valence-electron chi connectivity index (χ1n) is 11.3. The van der Waals surface area contributed by atoms with Gasteiger partial charge < -0.3 is 14.5 Å². The van der Waals surface area contributed by atoms with E-state index in [1.54, 1.807) is 9.58 Å². The molecule has 1 saturated heterocycles. The number of amides is 2. The average molecular weight is 446 g/mol. The Bertz CT molecular complexity index is 1160. The molecule has 3 aromatic rings. The van der Waals surface area contributed by atoms with Gasteiger partial charge >= 0.3 is 0 Å². The Hall–Kier alpha value is -3.52. The minimum absolute atomic E-state index is 0.00953. The van der Waals surface area contributed by atoms with E-state index in [1.807, 2.05) is 61.2 Å². The predicted octanol–water partition coefficient (Wildman–Crippen LogP) is 2.76. The molecule has 0 bridgehead atoms. The maximum absolute atomic E-state index is 13.2. The predicted molar refractivity (Wildman–Crippen MR) is 122 cm³/mol. The summed E-state index contributed by atoms with van der Waals surface area (Å²) >= 11 is 0. The monoisotopic (exact) mass is 445 g/mol. The number of carbonyl (C=O) groups is 2. The Labute approximate surface area is 192 Å². The number of hydrogen-bond acceptors (Lipinski definition) is 5. The zero-order valence-electron chi connectivity index (χ0n) is 18.9. The number of aryl methyl sites for hydroxylation is 2. The van der Waals surface area contributed by atoms with Crippen molar-refractivity contribution in [2.75, 3.05) is 26.2 Å². The molecule has 1 fully saturated rings.